The Bertz CT molecular complexity index is 728. The van der Waals surface area contributed by atoms with Gasteiger partial charge in [0.15, 0.2) is 0 Å². The summed E-state index contributed by atoms with van der Waals surface area (Å²) in [5.41, 5.74) is 2.16. The van der Waals surface area contributed by atoms with E-state index in [9.17, 15) is 19.5 Å². The van der Waals surface area contributed by atoms with Gasteiger partial charge in [-0.2, -0.15) is 0 Å². The quantitative estimate of drug-likeness (QED) is 0.192. The van der Waals surface area contributed by atoms with Crippen molar-refractivity contribution < 1.29 is 24.2 Å². The Labute approximate surface area is 212 Å². The lowest BCUT2D eigenvalue weighted by atomic mass is 10.1. The van der Waals surface area contributed by atoms with Gasteiger partial charge in [0.2, 0.25) is 11.8 Å². The maximum absolute atomic E-state index is 12.2. The Kier molecular flexibility index (Phi) is 16.2. The van der Waals surface area contributed by atoms with Crippen LogP contribution in [0.4, 0.5) is 5.69 Å². The highest BCUT2D eigenvalue weighted by Crippen LogP contribution is 2.17. The van der Waals surface area contributed by atoms with Crippen molar-refractivity contribution in [2.24, 2.45) is 0 Å². The van der Waals surface area contributed by atoms with E-state index in [1.54, 1.807) is 0 Å². The van der Waals surface area contributed by atoms with Gasteiger partial charge in [-0.1, -0.05) is 12.1 Å². The first-order valence-electron chi connectivity index (χ1n) is 11.6. The number of amides is 2. The highest BCUT2D eigenvalue weighted by atomic mass is 35.5. The molecule has 8 nitrogen and oxygen atoms in total. The molecule has 1 aromatic rings. The maximum atomic E-state index is 12.2. The van der Waals surface area contributed by atoms with Crippen molar-refractivity contribution in [3.8, 4) is 0 Å². The van der Waals surface area contributed by atoms with Gasteiger partial charge in [0.1, 0.15) is 6.04 Å². The molecule has 1 aromatic carbocycles. The van der Waals surface area contributed by atoms with Gasteiger partial charge in [0.05, 0.1) is 6.61 Å². The maximum Gasteiger partial charge on any atom is 0.326 e. The summed E-state index contributed by atoms with van der Waals surface area (Å²) in [6, 6.07) is 7.17. The lowest BCUT2D eigenvalue weighted by Gasteiger charge is -2.23. The number of nitrogens with one attached hydrogen (secondary N) is 2. The van der Waals surface area contributed by atoms with Crippen LogP contribution in [0.25, 0.3) is 0 Å². The molecule has 1 atom stereocenters. The number of aliphatic carboxylic acids is 1. The predicted molar refractivity (Wildman–Crippen MR) is 136 cm³/mol. The first-order valence-corrected chi connectivity index (χ1v) is 12.7. The Morgan fingerprint density at radius 2 is 1.68 bits per heavy atom. The number of unbranched alkanes of at least 4 members (excludes halogenated alkanes) is 1. The van der Waals surface area contributed by atoms with E-state index in [1.807, 2.05) is 24.3 Å². The second kappa shape index (κ2) is 18.3. The topological polar surface area (TPSA) is 108 Å². The minimum absolute atomic E-state index is 0.0950. The summed E-state index contributed by atoms with van der Waals surface area (Å²) in [5, 5.41) is 14.8. The lowest BCUT2D eigenvalue weighted by molar-refractivity contribution is -0.142. The predicted octanol–water partition coefficient (Wildman–Crippen LogP) is 3.19. The van der Waals surface area contributed by atoms with E-state index in [0.717, 1.165) is 30.8 Å². The summed E-state index contributed by atoms with van der Waals surface area (Å²) in [7, 11) is 1.53. The number of aryl methyl sites for hydroxylation is 1. The van der Waals surface area contributed by atoms with Crippen LogP contribution in [0.15, 0.2) is 24.3 Å². The Balaban J connectivity index is 2.33. The number of carbonyl (C=O) groups excluding carboxylic acids is 2. The molecule has 192 valence electrons. The zero-order chi connectivity index (χ0) is 25.2. The van der Waals surface area contributed by atoms with E-state index in [-0.39, 0.29) is 18.2 Å². The van der Waals surface area contributed by atoms with Crippen LogP contribution < -0.4 is 15.5 Å². The van der Waals surface area contributed by atoms with Crippen LogP contribution in [0.3, 0.4) is 0 Å². The highest BCUT2D eigenvalue weighted by Gasteiger charge is 2.19. The molecule has 0 fully saturated rings. The number of halogens is 2. The summed E-state index contributed by atoms with van der Waals surface area (Å²) >= 11 is 11.7. The Hall–Kier alpha value is -2.03. The number of carboxylic acid groups (broad SMARTS) is 1. The van der Waals surface area contributed by atoms with Crippen molar-refractivity contribution in [1.82, 2.24) is 10.6 Å². The van der Waals surface area contributed by atoms with Crippen LogP contribution in [0.5, 0.6) is 0 Å². The third-order valence-corrected chi connectivity index (χ3v) is 5.63. The number of alkyl halides is 2. The number of rotatable bonds is 19. The molecule has 0 aliphatic heterocycles. The second-order valence-corrected chi connectivity index (χ2v) is 8.69. The fourth-order valence-corrected chi connectivity index (χ4v) is 3.82. The monoisotopic (exact) mass is 517 g/mol. The average molecular weight is 518 g/mol. The minimum atomic E-state index is -1.05. The molecule has 0 aliphatic carbocycles. The van der Waals surface area contributed by atoms with Crippen LogP contribution in [-0.2, 0) is 25.5 Å². The van der Waals surface area contributed by atoms with Crippen molar-refractivity contribution >= 4 is 46.7 Å². The van der Waals surface area contributed by atoms with Crippen LogP contribution in [0, 0.1) is 0 Å². The van der Waals surface area contributed by atoms with E-state index >= 15 is 0 Å². The van der Waals surface area contributed by atoms with Gasteiger partial charge in [-0.05, 0) is 49.8 Å². The van der Waals surface area contributed by atoms with E-state index in [2.05, 4.69) is 15.5 Å². The first-order chi connectivity index (χ1) is 16.4. The fourth-order valence-electron chi connectivity index (χ4n) is 3.41. The molecule has 1 unspecified atom stereocenters. The van der Waals surface area contributed by atoms with E-state index in [4.69, 9.17) is 27.9 Å². The number of carbonyl (C=O) groups is 3. The summed E-state index contributed by atoms with van der Waals surface area (Å²) in [6.07, 6.45) is 3.44. The number of carboxylic acids is 1. The van der Waals surface area contributed by atoms with Crippen molar-refractivity contribution in [3.05, 3.63) is 29.8 Å². The molecule has 0 bridgehead atoms. The lowest BCUT2D eigenvalue weighted by Crippen LogP contribution is -2.40. The zero-order valence-corrected chi connectivity index (χ0v) is 21.4. The van der Waals surface area contributed by atoms with E-state index in [1.165, 1.54) is 7.11 Å². The molecule has 0 heterocycles. The molecular weight excluding hydrogens is 481 g/mol. The molecule has 0 saturated heterocycles. The first kappa shape index (κ1) is 30.0. The number of ether oxygens (including phenoxy) is 1. The fraction of sp³-hybridized carbons (Fsp3) is 0.625. The molecule has 0 saturated carbocycles. The van der Waals surface area contributed by atoms with Crippen LogP contribution in [0.2, 0.25) is 0 Å². The van der Waals surface area contributed by atoms with Crippen molar-refractivity contribution in [3.63, 3.8) is 0 Å². The number of methoxy groups -OCH3 is 1. The average Bonchev–Trinajstić information content (AvgIpc) is 2.82. The van der Waals surface area contributed by atoms with Crippen LogP contribution >= 0.6 is 23.2 Å². The normalized spacial score (nSPS) is 11.6. The highest BCUT2D eigenvalue weighted by molar-refractivity contribution is 6.18. The van der Waals surface area contributed by atoms with E-state index in [0.29, 0.717) is 57.0 Å². The van der Waals surface area contributed by atoms with Crippen molar-refractivity contribution in [1.29, 1.82) is 0 Å². The van der Waals surface area contributed by atoms with Gasteiger partial charge in [-0.15, -0.1) is 23.2 Å². The number of hydrogen-bond donors (Lipinski definition) is 3. The third kappa shape index (κ3) is 13.0. The van der Waals surface area contributed by atoms with Gasteiger partial charge in [-0.25, -0.2) is 4.79 Å². The number of benzene rings is 1. The summed E-state index contributed by atoms with van der Waals surface area (Å²) in [6.45, 7) is 2.28. The second-order valence-electron chi connectivity index (χ2n) is 7.93. The van der Waals surface area contributed by atoms with Crippen molar-refractivity contribution in [2.75, 3.05) is 50.0 Å². The molecule has 0 aliphatic rings. The molecule has 3 N–H and O–H groups in total. The van der Waals surface area contributed by atoms with Gasteiger partial charge in [-0.3, -0.25) is 9.59 Å². The summed E-state index contributed by atoms with van der Waals surface area (Å²) < 4.78 is 4.84. The molecule has 10 heteroatoms. The standard InChI is InChI=1S/C24H37Cl2N3O5/c1-34-18-12-22(30)27-15-3-2-6-21(24(32)33)28-23(31)7-4-5-19-8-10-20(11-9-19)29(16-13-25)17-14-26/h8-11,21H,2-7,12-18H2,1H3,(H,27,30)(H,28,31)(H,32,33). The van der Waals surface area contributed by atoms with E-state index < -0.39 is 12.0 Å². The molecule has 0 aromatic heterocycles. The molecule has 2 amide bonds. The molecule has 34 heavy (non-hydrogen) atoms. The van der Waals surface area contributed by atoms with Crippen molar-refractivity contribution in [2.45, 2.75) is 51.0 Å². The number of hydrogen-bond acceptors (Lipinski definition) is 5. The SMILES string of the molecule is COCCC(=O)NCCCCC(NC(=O)CCCc1ccc(N(CCCl)CCCl)cc1)C(=O)O. The summed E-state index contributed by atoms with van der Waals surface area (Å²) in [5.74, 6) is -0.367. The van der Waals surface area contributed by atoms with Crippen LogP contribution in [0.1, 0.15) is 44.1 Å². The number of anilines is 1. The Morgan fingerprint density at radius 3 is 2.26 bits per heavy atom. The summed E-state index contributed by atoms with van der Waals surface area (Å²) in [4.78, 5) is 37.3. The minimum Gasteiger partial charge on any atom is -0.480 e. The largest absolute Gasteiger partial charge is 0.480 e. The van der Waals surface area contributed by atoms with Gasteiger partial charge in [0, 0.05) is 57.0 Å². The van der Waals surface area contributed by atoms with Gasteiger partial charge >= 0.3 is 5.97 Å². The Morgan fingerprint density at radius 1 is 1.00 bits per heavy atom. The van der Waals surface area contributed by atoms with Gasteiger partial charge in [0.25, 0.3) is 0 Å². The van der Waals surface area contributed by atoms with Crippen LogP contribution in [-0.4, -0.2) is 74.0 Å². The van der Waals surface area contributed by atoms with Gasteiger partial charge < -0.3 is 25.4 Å². The number of nitrogens with zero attached hydrogens (tertiary/aromatic N) is 1. The molecule has 0 spiro atoms. The zero-order valence-electron chi connectivity index (χ0n) is 19.9. The molecular formula is C24H37Cl2N3O5. The smallest absolute Gasteiger partial charge is 0.326 e. The molecule has 0 radical (unpaired) electrons. The molecule has 1 rings (SSSR count). The third-order valence-electron chi connectivity index (χ3n) is 5.29.